The van der Waals surface area contributed by atoms with Crippen molar-refractivity contribution in [2.24, 2.45) is 9.98 Å². The van der Waals surface area contributed by atoms with Crippen molar-refractivity contribution >= 4 is 35.2 Å². The van der Waals surface area contributed by atoms with Crippen LogP contribution in [0.4, 0.5) is 0 Å². The normalized spacial score (nSPS) is 30.7. The first-order chi connectivity index (χ1) is 13.0. The van der Waals surface area contributed by atoms with Crippen molar-refractivity contribution in [1.82, 2.24) is 10.3 Å². The SMILES string of the molecule is COC12C=CC(=N1)C=c1ccc([nH]1)=CC1=NC(=CC3=CCC(Cl)(C2)N3)C=C1. The van der Waals surface area contributed by atoms with Crippen LogP contribution in [0, 0.1) is 0 Å². The number of allylic oxidation sites excluding steroid dienone is 4. The number of methoxy groups -OCH3 is 1. The van der Waals surface area contributed by atoms with E-state index >= 15 is 0 Å². The molecule has 5 rings (SSSR count). The van der Waals surface area contributed by atoms with E-state index in [1.54, 1.807) is 7.11 Å². The highest BCUT2D eigenvalue weighted by molar-refractivity contribution is 6.24. The molecule has 0 fully saturated rings. The van der Waals surface area contributed by atoms with Crippen LogP contribution >= 0.6 is 11.6 Å². The monoisotopic (exact) mass is 378 g/mol. The number of aromatic amines is 1. The number of H-pyrrole nitrogens is 1. The van der Waals surface area contributed by atoms with Gasteiger partial charge in [-0.3, -0.25) is 0 Å². The molecule has 2 N–H and O–H groups in total. The van der Waals surface area contributed by atoms with Gasteiger partial charge in [0, 0.05) is 36.3 Å². The van der Waals surface area contributed by atoms with Gasteiger partial charge in [-0.15, -0.1) is 0 Å². The molecule has 2 atom stereocenters. The molecule has 136 valence electrons. The van der Waals surface area contributed by atoms with Crippen LogP contribution in [-0.4, -0.2) is 34.2 Å². The number of hydrogen-bond acceptors (Lipinski definition) is 4. The van der Waals surface area contributed by atoms with Gasteiger partial charge in [0.15, 0.2) is 5.72 Å². The zero-order chi connectivity index (χ0) is 18.5. The zero-order valence-corrected chi connectivity index (χ0v) is 15.6. The lowest BCUT2D eigenvalue weighted by Crippen LogP contribution is -2.42. The Morgan fingerprint density at radius 3 is 2.70 bits per heavy atom. The zero-order valence-electron chi connectivity index (χ0n) is 14.9. The summed E-state index contributed by atoms with van der Waals surface area (Å²) in [5, 5.41) is 5.39. The predicted octanol–water partition coefficient (Wildman–Crippen LogP) is 2.04. The molecule has 0 spiro atoms. The van der Waals surface area contributed by atoms with E-state index in [0.29, 0.717) is 12.8 Å². The highest BCUT2D eigenvalue weighted by Gasteiger charge is 2.42. The van der Waals surface area contributed by atoms with Crippen LogP contribution in [0.15, 0.2) is 70.0 Å². The number of nitrogens with one attached hydrogen (secondary N) is 2. The summed E-state index contributed by atoms with van der Waals surface area (Å²) >= 11 is 6.88. The maximum absolute atomic E-state index is 6.88. The number of aliphatic imine (C=N–C) groups is 2. The molecular formula is C21H19ClN4O. The third-order valence-electron chi connectivity index (χ3n) is 5.06. The van der Waals surface area contributed by atoms with Crippen molar-refractivity contribution in [3.05, 3.63) is 70.7 Å². The largest absolute Gasteiger partial charge is 0.367 e. The van der Waals surface area contributed by atoms with Crippen molar-refractivity contribution in [3.8, 4) is 0 Å². The fourth-order valence-corrected chi connectivity index (χ4v) is 4.13. The minimum atomic E-state index is -0.770. The molecule has 8 bridgehead atoms. The number of aromatic nitrogens is 1. The molecule has 5 nitrogen and oxygen atoms in total. The molecular weight excluding hydrogens is 360 g/mol. The van der Waals surface area contributed by atoms with Crippen LogP contribution in [0.1, 0.15) is 12.8 Å². The van der Waals surface area contributed by atoms with Gasteiger partial charge in [0.25, 0.3) is 0 Å². The van der Waals surface area contributed by atoms with Crippen LogP contribution in [0.3, 0.4) is 0 Å². The molecule has 5 heterocycles. The molecule has 0 aliphatic carbocycles. The number of rotatable bonds is 1. The fourth-order valence-electron chi connectivity index (χ4n) is 3.75. The Kier molecular flexibility index (Phi) is 3.64. The maximum atomic E-state index is 6.88. The first-order valence-corrected chi connectivity index (χ1v) is 9.30. The van der Waals surface area contributed by atoms with Crippen molar-refractivity contribution in [1.29, 1.82) is 0 Å². The first-order valence-electron chi connectivity index (χ1n) is 8.92. The second kappa shape index (κ2) is 5.94. The Bertz CT molecular complexity index is 1120. The molecule has 0 saturated heterocycles. The second-order valence-electron chi connectivity index (χ2n) is 7.15. The van der Waals surface area contributed by atoms with Crippen LogP contribution in [0.2, 0.25) is 0 Å². The van der Waals surface area contributed by atoms with Crippen molar-refractivity contribution in [2.75, 3.05) is 7.11 Å². The molecule has 27 heavy (non-hydrogen) atoms. The molecule has 2 unspecified atom stereocenters. The maximum Gasteiger partial charge on any atom is 0.182 e. The van der Waals surface area contributed by atoms with Crippen molar-refractivity contribution < 1.29 is 4.74 Å². The van der Waals surface area contributed by atoms with Gasteiger partial charge >= 0.3 is 0 Å². The van der Waals surface area contributed by atoms with E-state index in [9.17, 15) is 0 Å². The molecule has 0 amide bonds. The summed E-state index contributed by atoms with van der Waals surface area (Å²) in [6.45, 7) is 0. The molecule has 4 aliphatic rings. The van der Waals surface area contributed by atoms with E-state index in [2.05, 4.69) is 21.4 Å². The average molecular weight is 379 g/mol. The van der Waals surface area contributed by atoms with Crippen LogP contribution in [0.25, 0.3) is 12.2 Å². The van der Waals surface area contributed by atoms with Gasteiger partial charge in [0.2, 0.25) is 0 Å². The van der Waals surface area contributed by atoms with Crippen LogP contribution in [0.5, 0.6) is 0 Å². The average Bonchev–Trinajstić information content (AvgIpc) is 3.40. The Balaban J connectivity index is 1.64. The molecule has 0 aromatic carbocycles. The van der Waals surface area contributed by atoms with E-state index in [-0.39, 0.29) is 0 Å². The van der Waals surface area contributed by atoms with Crippen LogP contribution in [-0.2, 0) is 4.74 Å². The summed E-state index contributed by atoms with van der Waals surface area (Å²) in [6.07, 6.45) is 17.3. The summed E-state index contributed by atoms with van der Waals surface area (Å²) in [5.41, 5.74) is 2.86. The molecule has 0 radical (unpaired) electrons. The molecule has 6 heteroatoms. The summed E-state index contributed by atoms with van der Waals surface area (Å²) in [7, 11) is 1.67. The lowest BCUT2D eigenvalue weighted by molar-refractivity contribution is 0.0240. The van der Waals surface area contributed by atoms with Gasteiger partial charge < -0.3 is 15.0 Å². The van der Waals surface area contributed by atoms with Gasteiger partial charge in [-0.2, -0.15) is 0 Å². The number of hydrogen-bond donors (Lipinski definition) is 2. The summed E-state index contributed by atoms with van der Waals surface area (Å²) in [6, 6.07) is 4.06. The van der Waals surface area contributed by atoms with E-state index in [1.165, 1.54) is 0 Å². The Hall–Kier alpha value is -2.63. The second-order valence-corrected chi connectivity index (χ2v) is 7.87. The third-order valence-corrected chi connectivity index (χ3v) is 5.44. The minimum absolute atomic E-state index is 0.517. The van der Waals surface area contributed by atoms with Gasteiger partial charge in [0.05, 0.1) is 17.1 Å². The van der Waals surface area contributed by atoms with E-state index in [0.717, 1.165) is 33.5 Å². The van der Waals surface area contributed by atoms with Crippen LogP contribution < -0.4 is 16.0 Å². The molecule has 1 aromatic heterocycles. The Morgan fingerprint density at radius 2 is 1.89 bits per heavy atom. The Morgan fingerprint density at radius 1 is 1.07 bits per heavy atom. The van der Waals surface area contributed by atoms with E-state index < -0.39 is 10.7 Å². The minimum Gasteiger partial charge on any atom is -0.367 e. The van der Waals surface area contributed by atoms with Gasteiger partial charge in [0.1, 0.15) is 5.00 Å². The molecule has 1 aromatic rings. The lowest BCUT2D eigenvalue weighted by Gasteiger charge is -2.32. The van der Waals surface area contributed by atoms with Gasteiger partial charge in [-0.05, 0) is 54.7 Å². The first kappa shape index (κ1) is 16.5. The van der Waals surface area contributed by atoms with E-state index in [1.807, 2.05) is 54.7 Å². The van der Waals surface area contributed by atoms with E-state index in [4.69, 9.17) is 21.3 Å². The standard InChI is InChI=1S/C21H19ClN4O/c1-27-21-9-7-19(26-21)12-17-5-3-15(24-17)10-14-2-4-16(23-14)11-18-6-8-20(22,13-21)25-18/h2-7,9-12,24-25H,8,13H2,1H3. The van der Waals surface area contributed by atoms with Gasteiger partial charge in [-0.25, -0.2) is 9.98 Å². The fraction of sp³-hybridized carbons (Fsp3) is 0.238. The quantitative estimate of drug-likeness (QED) is 0.580. The molecule has 0 saturated carbocycles. The van der Waals surface area contributed by atoms with Crippen molar-refractivity contribution in [3.63, 3.8) is 0 Å². The number of ether oxygens (including phenoxy) is 1. The smallest absolute Gasteiger partial charge is 0.182 e. The Labute approximate surface area is 161 Å². The van der Waals surface area contributed by atoms with Crippen molar-refractivity contribution in [2.45, 2.75) is 23.6 Å². The number of nitrogens with zero attached hydrogens (tertiary/aromatic N) is 2. The lowest BCUT2D eigenvalue weighted by atomic mass is 10.0. The summed E-state index contributed by atoms with van der Waals surface area (Å²) in [5.74, 6) is 0. The predicted molar refractivity (Wildman–Crippen MR) is 109 cm³/mol. The van der Waals surface area contributed by atoms with Gasteiger partial charge in [-0.1, -0.05) is 17.7 Å². The number of alkyl halides is 1. The highest BCUT2D eigenvalue weighted by atomic mass is 35.5. The summed E-state index contributed by atoms with van der Waals surface area (Å²) in [4.78, 5) is 12.2. The number of fused-ring (bicyclic) bond motifs is 6. The third kappa shape index (κ3) is 3.13. The highest BCUT2D eigenvalue weighted by Crippen LogP contribution is 2.38. The molecule has 4 aliphatic heterocycles. The topological polar surface area (TPSA) is 61.8 Å². The number of halogens is 1. The summed E-state index contributed by atoms with van der Waals surface area (Å²) < 4.78 is 5.77.